The molecule has 0 spiro atoms. The molecule has 0 aliphatic heterocycles. The summed E-state index contributed by atoms with van der Waals surface area (Å²) in [6, 6.07) is 0. The molecule has 2 aliphatic carbocycles. The molecule has 0 amide bonds. The fraction of sp³-hybridized carbons (Fsp3) is 0.909. The molecule has 98 valence electrons. The second kappa shape index (κ2) is 3.96. The largest absolute Gasteiger partial charge is 0.299 e. The van der Waals surface area contributed by atoms with Crippen LogP contribution in [0.1, 0.15) is 33.1 Å². The first-order valence-corrected chi connectivity index (χ1v) is 8.46. The second-order valence-electron chi connectivity index (χ2n) is 5.60. The van der Waals surface area contributed by atoms with Crippen LogP contribution in [0.15, 0.2) is 0 Å². The lowest BCUT2D eigenvalue weighted by Gasteiger charge is -2.35. The molecule has 2 atom stereocenters. The van der Waals surface area contributed by atoms with Crippen LogP contribution in [0.25, 0.3) is 0 Å². The zero-order valence-electron chi connectivity index (χ0n) is 10.4. The van der Waals surface area contributed by atoms with E-state index < -0.39 is 15.5 Å². The topological polar surface area (TPSA) is 60.4 Å². The molecule has 0 aromatic rings. The van der Waals surface area contributed by atoms with E-state index in [-0.39, 0.29) is 17.0 Å². The molecule has 17 heavy (non-hydrogen) atoms. The van der Waals surface area contributed by atoms with Crippen molar-refractivity contribution in [1.29, 1.82) is 0 Å². The molecule has 2 rings (SSSR count). The molecule has 2 aliphatic rings. The highest BCUT2D eigenvalue weighted by atomic mass is 32.3. The van der Waals surface area contributed by atoms with E-state index in [1.807, 2.05) is 13.8 Å². The van der Waals surface area contributed by atoms with Gasteiger partial charge in [-0.2, -0.15) is 12.0 Å². The predicted molar refractivity (Wildman–Crippen MR) is 66.9 cm³/mol. The van der Waals surface area contributed by atoms with E-state index in [4.69, 9.17) is 3.63 Å². The second-order valence-corrected chi connectivity index (χ2v) is 7.89. The molecule has 4 nitrogen and oxygen atoms in total. The number of Topliss-reactive ketones (excluding diaryl/α,β-unsaturated/α-hetero) is 1. The van der Waals surface area contributed by atoms with Crippen molar-refractivity contribution in [1.82, 2.24) is 0 Å². The Morgan fingerprint density at radius 1 is 1.47 bits per heavy atom. The average molecular weight is 278 g/mol. The third-order valence-corrected chi connectivity index (χ3v) is 6.95. The van der Waals surface area contributed by atoms with Crippen molar-refractivity contribution in [2.24, 2.45) is 16.7 Å². The highest BCUT2D eigenvalue weighted by molar-refractivity contribution is 8.04. The van der Waals surface area contributed by atoms with Gasteiger partial charge >= 0.3 is 0 Å². The summed E-state index contributed by atoms with van der Waals surface area (Å²) < 4.78 is 28.3. The minimum atomic E-state index is -3.62. The number of ketones is 1. The SMILES string of the molecule is CSOS(=O)(=O)CC12CCC(CC1=O)C2(C)C. The van der Waals surface area contributed by atoms with E-state index in [1.54, 1.807) is 6.26 Å². The van der Waals surface area contributed by atoms with Crippen molar-refractivity contribution in [3.8, 4) is 0 Å². The fourth-order valence-electron chi connectivity index (χ4n) is 3.54. The first-order chi connectivity index (χ1) is 7.75. The zero-order valence-corrected chi connectivity index (χ0v) is 12.0. The number of carbonyl (C=O) groups excluding carboxylic acids is 1. The molecule has 0 heterocycles. The molecule has 2 bridgehead atoms. The lowest BCUT2D eigenvalue weighted by molar-refractivity contribution is -0.128. The normalized spacial score (nSPS) is 35.5. The smallest absolute Gasteiger partial charge is 0.279 e. The Kier molecular flexibility index (Phi) is 3.12. The number of rotatable bonds is 4. The van der Waals surface area contributed by atoms with Gasteiger partial charge in [-0.05, 0) is 24.2 Å². The van der Waals surface area contributed by atoms with Crippen LogP contribution in [0, 0.1) is 16.7 Å². The molecule has 0 saturated heterocycles. The Hall–Kier alpha value is -0.0700. The average Bonchev–Trinajstić information content (AvgIpc) is 2.50. The Labute approximate surface area is 107 Å². The quantitative estimate of drug-likeness (QED) is 0.736. The van der Waals surface area contributed by atoms with Gasteiger partial charge in [-0.25, -0.2) is 0 Å². The van der Waals surface area contributed by atoms with Crippen LogP contribution in [0.4, 0.5) is 0 Å². The van der Waals surface area contributed by atoms with Gasteiger partial charge in [0.25, 0.3) is 10.1 Å². The molecular formula is C11H18O4S2. The summed E-state index contributed by atoms with van der Waals surface area (Å²) in [5.41, 5.74) is -0.939. The predicted octanol–water partition coefficient (Wildman–Crippen LogP) is 2.01. The van der Waals surface area contributed by atoms with Crippen LogP contribution in [0.2, 0.25) is 0 Å². The van der Waals surface area contributed by atoms with E-state index in [2.05, 4.69) is 0 Å². The standard InChI is InChI=1S/C11H18O4S2/c1-10(2)8-4-5-11(10,9(12)6-8)7-17(13,14)15-16-3/h8H,4-7H2,1-3H3. The van der Waals surface area contributed by atoms with E-state index in [0.29, 0.717) is 18.8 Å². The van der Waals surface area contributed by atoms with Gasteiger partial charge in [-0.15, -0.1) is 0 Å². The lowest BCUT2D eigenvalue weighted by Crippen LogP contribution is -2.42. The van der Waals surface area contributed by atoms with Crippen LogP contribution in [-0.4, -0.2) is 26.2 Å². The summed E-state index contributed by atoms with van der Waals surface area (Å²) in [5, 5.41) is 0. The summed E-state index contributed by atoms with van der Waals surface area (Å²) in [4.78, 5) is 12.1. The molecule has 6 heteroatoms. The monoisotopic (exact) mass is 278 g/mol. The maximum absolute atomic E-state index is 12.1. The van der Waals surface area contributed by atoms with E-state index in [1.165, 1.54) is 0 Å². The Morgan fingerprint density at radius 3 is 2.53 bits per heavy atom. The molecule has 0 aromatic heterocycles. The molecule has 0 N–H and O–H groups in total. The summed E-state index contributed by atoms with van der Waals surface area (Å²) in [7, 11) is -3.62. The molecule has 2 unspecified atom stereocenters. The van der Waals surface area contributed by atoms with Crippen LogP contribution < -0.4 is 0 Å². The third kappa shape index (κ3) is 1.85. The Balaban J connectivity index is 2.33. The molecule has 0 aromatic carbocycles. The van der Waals surface area contributed by atoms with Gasteiger partial charge in [-0.1, -0.05) is 13.8 Å². The van der Waals surface area contributed by atoms with E-state index in [9.17, 15) is 13.2 Å². The first-order valence-electron chi connectivity index (χ1n) is 5.73. The number of hydrogen-bond acceptors (Lipinski definition) is 5. The van der Waals surface area contributed by atoms with Crippen molar-refractivity contribution in [3.63, 3.8) is 0 Å². The minimum Gasteiger partial charge on any atom is -0.299 e. The maximum atomic E-state index is 12.1. The summed E-state index contributed by atoms with van der Waals surface area (Å²) >= 11 is 0.817. The molecular weight excluding hydrogens is 260 g/mol. The number of carbonyl (C=O) groups is 1. The summed E-state index contributed by atoms with van der Waals surface area (Å²) in [6.07, 6.45) is 3.73. The Bertz CT molecular complexity index is 440. The lowest BCUT2D eigenvalue weighted by atomic mass is 9.70. The van der Waals surface area contributed by atoms with Crippen molar-refractivity contribution in [3.05, 3.63) is 0 Å². The zero-order chi connectivity index (χ0) is 12.9. The van der Waals surface area contributed by atoms with E-state index in [0.717, 1.165) is 18.5 Å². The fourth-order valence-corrected chi connectivity index (χ4v) is 5.84. The van der Waals surface area contributed by atoms with Crippen LogP contribution in [-0.2, 0) is 18.5 Å². The van der Waals surface area contributed by atoms with Gasteiger partial charge in [0, 0.05) is 24.7 Å². The van der Waals surface area contributed by atoms with Gasteiger partial charge in [0.2, 0.25) is 0 Å². The van der Waals surface area contributed by atoms with Gasteiger partial charge in [-0.3, -0.25) is 4.79 Å². The summed E-state index contributed by atoms with van der Waals surface area (Å²) in [5.74, 6) is 0.273. The highest BCUT2D eigenvalue weighted by Gasteiger charge is 2.65. The first kappa shape index (κ1) is 13.4. The molecule has 2 fully saturated rings. The minimum absolute atomic E-state index is 0.104. The van der Waals surface area contributed by atoms with Crippen molar-refractivity contribution in [2.75, 3.05) is 12.0 Å². The number of hydrogen-bond donors (Lipinski definition) is 0. The van der Waals surface area contributed by atoms with Crippen molar-refractivity contribution < 1.29 is 16.8 Å². The van der Waals surface area contributed by atoms with Crippen LogP contribution in [0.5, 0.6) is 0 Å². The van der Waals surface area contributed by atoms with E-state index >= 15 is 0 Å². The number of fused-ring (bicyclic) bond motifs is 2. The Morgan fingerprint density at radius 2 is 2.12 bits per heavy atom. The maximum Gasteiger partial charge on any atom is 0.279 e. The van der Waals surface area contributed by atoms with Crippen LogP contribution in [0.3, 0.4) is 0 Å². The van der Waals surface area contributed by atoms with Crippen molar-refractivity contribution >= 4 is 27.9 Å². The molecule has 2 saturated carbocycles. The molecule has 0 radical (unpaired) electrons. The van der Waals surface area contributed by atoms with Crippen molar-refractivity contribution in [2.45, 2.75) is 33.1 Å². The summed E-state index contributed by atoms with van der Waals surface area (Å²) in [6.45, 7) is 4.04. The van der Waals surface area contributed by atoms with Gasteiger partial charge in [0.05, 0.1) is 11.2 Å². The van der Waals surface area contributed by atoms with Gasteiger partial charge < -0.3 is 0 Å². The van der Waals surface area contributed by atoms with Gasteiger partial charge in [0.15, 0.2) is 0 Å². The highest BCUT2D eigenvalue weighted by Crippen LogP contribution is 2.64. The third-order valence-electron chi connectivity index (χ3n) is 4.73. The van der Waals surface area contributed by atoms with Crippen LogP contribution >= 0.6 is 12.0 Å². The van der Waals surface area contributed by atoms with Gasteiger partial charge in [0.1, 0.15) is 5.78 Å².